The van der Waals surface area contributed by atoms with Crippen molar-refractivity contribution < 1.29 is 0 Å². The highest BCUT2D eigenvalue weighted by atomic mass is 14.2. The molecule has 0 bridgehead atoms. The first-order chi connectivity index (χ1) is 5.38. The van der Waals surface area contributed by atoms with Crippen LogP contribution >= 0.6 is 0 Å². The van der Waals surface area contributed by atoms with E-state index in [0.717, 1.165) is 6.42 Å². The van der Waals surface area contributed by atoms with Crippen LogP contribution in [0.3, 0.4) is 0 Å². The van der Waals surface area contributed by atoms with E-state index in [0.29, 0.717) is 11.8 Å². The average Bonchev–Trinajstić information content (AvgIpc) is 2.47. The van der Waals surface area contributed by atoms with E-state index in [9.17, 15) is 0 Å². The normalized spacial score (nSPS) is 29.9. The lowest BCUT2D eigenvalue weighted by Crippen LogP contribution is -2.00. The smallest absolute Gasteiger partial charge is 0.00122 e. The summed E-state index contributed by atoms with van der Waals surface area (Å²) in [6.07, 6.45) is 13.4. The van der Waals surface area contributed by atoms with Gasteiger partial charge in [-0.3, -0.25) is 0 Å². The third-order valence-corrected chi connectivity index (χ3v) is 2.16. The summed E-state index contributed by atoms with van der Waals surface area (Å²) in [5.41, 5.74) is 0. The second kappa shape index (κ2) is 4.17. The van der Waals surface area contributed by atoms with Gasteiger partial charge in [-0.05, 0) is 18.8 Å². The molecular weight excluding hydrogens is 132 g/mol. The molecule has 60 valence electrons. The minimum Gasteiger partial charge on any atom is -0.103 e. The summed E-state index contributed by atoms with van der Waals surface area (Å²) >= 11 is 0. The van der Waals surface area contributed by atoms with Crippen LogP contribution in [0.5, 0.6) is 0 Å². The summed E-state index contributed by atoms with van der Waals surface area (Å²) in [6, 6.07) is 0. The van der Waals surface area contributed by atoms with Crippen LogP contribution in [0.2, 0.25) is 0 Å². The lowest BCUT2D eigenvalue weighted by Gasteiger charge is -2.09. The first-order valence-corrected chi connectivity index (χ1v) is 4.34. The van der Waals surface area contributed by atoms with Gasteiger partial charge in [0.1, 0.15) is 0 Å². The summed E-state index contributed by atoms with van der Waals surface area (Å²) in [4.78, 5) is 0. The maximum Gasteiger partial charge on any atom is 0.00122 e. The molecule has 1 aliphatic carbocycles. The summed E-state index contributed by atoms with van der Waals surface area (Å²) in [6.45, 7) is 5.99. The van der Waals surface area contributed by atoms with Crippen molar-refractivity contribution in [3.8, 4) is 0 Å². The highest BCUT2D eigenvalue weighted by Crippen LogP contribution is 2.26. The topological polar surface area (TPSA) is 0 Å². The van der Waals surface area contributed by atoms with Crippen molar-refractivity contribution in [1.29, 1.82) is 0 Å². The molecule has 2 atom stereocenters. The molecule has 0 amide bonds. The fourth-order valence-corrected chi connectivity index (χ4v) is 1.45. The van der Waals surface area contributed by atoms with Crippen LogP contribution in [0.4, 0.5) is 0 Å². The summed E-state index contributed by atoms with van der Waals surface area (Å²) in [5.74, 6) is 1.27. The van der Waals surface area contributed by atoms with Gasteiger partial charge in [0.25, 0.3) is 0 Å². The molecule has 1 rings (SSSR count). The van der Waals surface area contributed by atoms with Gasteiger partial charge in [-0.2, -0.15) is 0 Å². The Kier molecular flexibility index (Phi) is 3.15. The van der Waals surface area contributed by atoms with E-state index in [-0.39, 0.29) is 0 Å². The lowest BCUT2D eigenvalue weighted by atomic mass is 9.95. The van der Waals surface area contributed by atoms with Crippen LogP contribution < -0.4 is 0 Å². The third kappa shape index (κ3) is 2.07. The maximum absolute atomic E-state index is 3.83. The molecule has 0 radical (unpaired) electrons. The number of hydrogen-bond donors (Lipinski definition) is 0. The summed E-state index contributed by atoms with van der Waals surface area (Å²) < 4.78 is 0. The predicted octanol–water partition coefficient (Wildman–Crippen LogP) is 3.33. The summed E-state index contributed by atoms with van der Waals surface area (Å²) in [5, 5.41) is 0. The molecule has 1 aliphatic rings. The van der Waals surface area contributed by atoms with Crippen molar-refractivity contribution in [2.75, 3.05) is 0 Å². The number of hydrogen-bond acceptors (Lipinski definition) is 0. The van der Waals surface area contributed by atoms with E-state index >= 15 is 0 Å². The van der Waals surface area contributed by atoms with Crippen LogP contribution in [0.25, 0.3) is 0 Å². The highest BCUT2D eigenvalue weighted by molar-refractivity contribution is 5.13. The molecular formula is C11H16. The zero-order valence-electron chi connectivity index (χ0n) is 7.16. The second-order valence-corrected chi connectivity index (χ2v) is 2.98. The van der Waals surface area contributed by atoms with E-state index in [2.05, 4.69) is 43.9 Å². The standard InChI is InChI=1S/C11H16/c1-3-5-7-11-9-6-8-10(11)4-2/h4-7,9-11H,2-3,8H2,1H3. The Labute approximate surface area is 69.3 Å². The van der Waals surface area contributed by atoms with Gasteiger partial charge in [0.05, 0.1) is 0 Å². The molecule has 0 saturated carbocycles. The van der Waals surface area contributed by atoms with Crippen molar-refractivity contribution in [3.63, 3.8) is 0 Å². The van der Waals surface area contributed by atoms with Crippen molar-refractivity contribution in [2.24, 2.45) is 11.8 Å². The zero-order chi connectivity index (χ0) is 8.10. The van der Waals surface area contributed by atoms with E-state index in [4.69, 9.17) is 0 Å². The Bertz CT molecular complexity index is 174. The molecule has 2 unspecified atom stereocenters. The van der Waals surface area contributed by atoms with Crippen molar-refractivity contribution >= 4 is 0 Å². The largest absolute Gasteiger partial charge is 0.103 e. The van der Waals surface area contributed by atoms with Crippen LogP contribution in [0, 0.1) is 11.8 Å². The highest BCUT2D eigenvalue weighted by Gasteiger charge is 2.15. The predicted molar refractivity (Wildman–Crippen MR) is 50.4 cm³/mol. The van der Waals surface area contributed by atoms with Gasteiger partial charge in [0, 0.05) is 5.92 Å². The number of allylic oxidation sites excluding steroid dienone is 5. The lowest BCUT2D eigenvalue weighted by molar-refractivity contribution is 0.603. The van der Waals surface area contributed by atoms with Gasteiger partial charge in [0.15, 0.2) is 0 Å². The molecule has 0 aromatic rings. The monoisotopic (exact) mass is 148 g/mol. The Balaban J connectivity index is 2.49. The molecule has 0 heterocycles. The molecule has 0 aromatic heterocycles. The van der Waals surface area contributed by atoms with Gasteiger partial charge >= 0.3 is 0 Å². The summed E-state index contributed by atoms with van der Waals surface area (Å²) in [7, 11) is 0. The molecule has 0 aliphatic heterocycles. The second-order valence-electron chi connectivity index (χ2n) is 2.98. The Morgan fingerprint density at radius 1 is 1.64 bits per heavy atom. The van der Waals surface area contributed by atoms with Crippen LogP contribution in [-0.2, 0) is 0 Å². The third-order valence-electron chi connectivity index (χ3n) is 2.16. The first kappa shape index (κ1) is 8.32. The molecule has 0 heteroatoms. The molecule has 0 aromatic carbocycles. The van der Waals surface area contributed by atoms with E-state index in [1.807, 2.05) is 0 Å². The van der Waals surface area contributed by atoms with Gasteiger partial charge in [0.2, 0.25) is 0 Å². The molecule has 0 spiro atoms. The first-order valence-electron chi connectivity index (χ1n) is 4.34. The SMILES string of the molecule is C=CC1CC=CC1C=CCC. The van der Waals surface area contributed by atoms with E-state index in [1.54, 1.807) is 0 Å². The quantitative estimate of drug-likeness (QED) is 0.538. The zero-order valence-corrected chi connectivity index (χ0v) is 7.16. The Morgan fingerprint density at radius 3 is 3.09 bits per heavy atom. The van der Waals surface area contributed by atoms with Gasteiger partial charge in [-0.1, -0.05) is 37.3 Å². The van der Waals surface area contributed by atoms with Crippen molar-refractivity contribution in [2.45, 2.75) is 19.8 Å². The minimum atomic E-state index is 0.618. The van der Waals surface area contributed by atoms with Gasteiger partial charge in [-0.15, -0.1) is 6.58 Å². The molecule has 0 saturated heterocycles. The fourth-order valence-electron chi connectivity index (χ4n) is 1.45. The number of rotatable bonds is 3. The van der Waals surface area contributed by atoms with Gasteiger partial charge < -0.3 is 0 Å². The van der Waals surface area contributed by atoms with Crippen LogP contribution in [0.15, 0.2) is 37.0 Å². The molecule has 0 N–H and O–H groups in total. The molecule has 11 heavy (non-hydrogen) atoms. The molecule has 0 nitrogen and oxygen atoms in total. The van der Waals surface area contributed by atoms with E-state index in [1.165, 1.54) is 6.42 Å². The van der Waals surface area contributed by atoms with Gasteiger partial charge in [-0.25, -0.2) is 0 Å². The average molecular weight is 148 g/mol. The van der Waals surface area contributed by atoms with Crippen LogP contribution in [0.1, 0.15) is 19.8 Å². The Morgan fingerprint density at radius 2 is 2.45 bits per heavy atom. The van der Waals surface area contributed by atoms with Crippen LogP contribution in [-0.4, -0.2) is 0 Å². The van der Waals surface area contributed by atoms with Crippen molar-refractivity contribution in [1.82, 2.24) is 0 Å². The minimum absolute atomic E-state index is 0.618. The maximum atomic E-state index is 3.83. The molecule has 0 fully saturated rings. The van der Waals surface area contributed by atoms with E-state index < -0.39 is 0 Å². The van der Waals surface area contributed by atoms with Crippen molar-refractivity contribution in [3.05, 3.63) is 37.0 Å². The Hall–Kier alpha value is -0.780. The fraction of sp³-hybridized carbons (Fsp3) is 0.455.